The molecule has 1 amide bonds. The Hall–Kier alpha value is -2.28. The van der Waals surface area contributed by atoms with Gasteiger partial charge in [0.2, 0.25) is 0 Å². The average Bonchev–Trinajstić information content (AvgIpc) is 2.87. The van der Waals surface area contributed by atoms with Gasteiger partial charge in [-0.05, 0) is 24.3 Å². The van der Waals surface area contributed by atoms with Crippen LogP contribution >= 0.6 is 0 Å². The van der Waals surface area contributed by atoms with Gasteiger partial charge in [0.25, 0.3) is 5.91 Å². The van der Waals surface area contributed by atoms with E-state index in [1.807, 2.05) is 0 Å². The molecule has 1 aromatic heterocycles. The first kappa shape index (κ1) is 14.1. The van der Waals surface area contributed by atoms with Crippen molar-refractivity contribution >= 4 is 21.4 Å². The molecule has 0 fully saturated rings. The maximum Gasteiger partial charge on any atom is 0.251 e. The molecule has 3 N–H and O–H groups in total. The highest BCUT2D eigenvalue weighted by atomic mass is 32.2. The van der Waals surface area contributed by atoms with Crippen LogP contribution in [-0.2, 0) is 16.4 Å². The first-order valence-electron chi connectivity index (χ1n) is 5.76. The molecule has 1 aromatic carbocycles. The van der Waals surface area contributed by atoms with Gasteiger partial charge in [-0.2, -0.15) is 0 Å². The van der Waals surface area contributed by atoms with E-state index in [9.17, 15) is 13.2 Å². The summed E-state index contributed by atoms with van der Waals surface area (Å²) < 4.78 is 27.9. The van der Waals surface area contributed by atoms with Crippen LogP contribution in [0.2, 0.25) is 0 Å². The molecule has 0 radical (unpaired) electrons. The molecule has 0 saturated carbocycles. The zero-order valence-corrected chi connectivity index (χ0v) is 11.6. The molecule has 0 bridgehead atoms. The minimum atomic E-state index is -3.41. The van der Waals surface area contributed by atoms with Crippen LogP contribution < -0.4 is 11.1 Å². The maximum absolute atomic E-state index is 12.0. The molecule has 106 valence electrons. The molecule has 0 aliphatic carbocycles. The van der Waals surface area contributed by atoms with Gasteiger partial charge in [-0.15, -0.1) is 0 Å². The molecule has 2 aromatic rings. The fourth-order valence-electron chi connectivity index (χ4n) is 1.64. The zero-order chi connectivity index (χ0) is 14.8. The molecular formula is C13H14N2O4S. The SMILES string of the molecule is CS(=O)(=O)c1cc(N)cc(C(=O)NCc2ccoc2)c1. The summed E-state index contributed by atoms with van der Waals surface area (Å²) in [6, 6.07) is 5.78. The monoisotopic (exact) mass is 294 g/mol. The third-order valence-electron chi connectivity index (χ3n) is 2.65. The van der Waals surface area contributed by atoms with Gasteiger partial charge >= 0.3 is 0 Å². The Kier molecular flexibility index (Phi) is 3.80. The van der Waals surface area contributed by atoms with Crippen molar-refractivity contribution in [1.29, 1.82) is 0 Å². The quantitative estimate of drug-likeness (QED) is 0.825. The molecule has 0 aliphatic rings. The van der Waals surface area contributed by atoms with E-state index in [-0.39, 0.29) is 16.1 Å². The molecule has 0 saturated heterocycles. The number of benzene rings is 1. The van der Waals surface area contributed by atoms with Gasteiger partial charge < -0.3 is 15.5 Å². The van der Waals surface area contributed by atoms with Gasteiger partial charge in [-0.1, -0.05) is 0 Å². The van der Waals surface area contributed by atoms with Crippen LogP contribution in [-0.4, -0.2) is 20.6 Å². The maximum atomic E-state index is 12.0. The minimum absolute atomic E-state index is 0.0194. The van der Waals surface area contributed by atoms with Crippen molar-refractivity contribution in [2.45, 2.75) is 11.4 Å². The van der Waals surface area contributed by atoms with E-state index in [4.69, 9.17) is 10.2 Å². The lowest BCUT2D eigenvalue weighted by Gasteiger charge is -2.07. The van der Waals surface area contributed by atoms with Crippen molar-refractivity contribution in [1.82, 2.24) is 5.32 Å². The van der Waals surface area contributed by atoms with Crippen LogP contribution in [0.4, 0.5) is 5.69 Å². The van der Waals surface area contributed by atoms with Gasteiger partial charge in [0.05, 0.1) is 17.4 Å². The molecule has 0 unspecified atom stereocenters. The smallest absolute Gasteiger partial charge is 0.251 e. The van der Waals surface area contributed by atoms with Gasteiger partial charge in [0.1, 0.15) is 0 Å². The Morgan fingerprint density at radius 3 is 2.70 bits per heavy atom. The van der Waals surface area contributed by atoms with E-state index in [1.165, 1.54) is 30.7 Å². The number of nitrogens with one attached hydrogen (secondary N) is 1. The second-order valence-corrected chi connectivity index (χ2v) is 6.39. The van der Waals surface area contributed by atoms with E-state index in [1.54, 1.807) is 6.07 Å². The number of hydrogen-bond donors (Lipinski definition) is 2. The first-order valence-corrected chi connectivity index (χ1v) is 7.65. The Balaban J connectivity index is 2.19. The largest absolute Gasteiger partial charge is 0.472 e. The summed E-state index contributed by atoms with van der Waals surface area (Å²) in [6.45, 7) is 0.290. The number of hydrogen-bond acceptors (Lipinski definition) is 5. The second kappa shape index (κ2) is 5.38. The number of nitrogens with two attached hydrogens (primary N) is 1. The van der Waals surface area contributed by atoms with Crippen molar-refractivity contribution in [3.05, 3.63) is 47.9 Å². The van der Waals surface area contributed by atoms with Crippen LogP contribution in [0, 0.1) is 0 Å². The summed E-state index contributed by atoms with van der Waals surface area (Å²) in [7, 11) is -3.41. The second-order valence-electron chi connectivity index (χ2n) is 4.38. The van der Waals surface area contributed by atoms with Gasteiger partial charge in [-0.25, -0.2) is 8.42 Å². The Morgan fingerprint density at radius 2 is 2.10 bits per heavy atom. The number of rotatable bonds is 4. The van der Waals surface area contributed by atoms with E-state index < -0.39 is 15.7 Å². The highest BCUT2D eigenvalue weighted by Crippen LogP contribution is 2.17. The standard InChI is InChI=1S/C13H14N2O4S/c1-20(17,18)12-5-10(4-11(14)6-12)13(16)15-7-9-2-3-19-8-9/h2-6,8H,7,14H2,1H3,(H,15,16). The number of carbonyl (C=O) groups is 1. The van der Waals surface area contributed by atoms with Crippen LogP contribution in [0.3, 0.4) is 0 Å². The molecule has 20 heavy (non-hydrogen) atoms. The summed E-state index contributed by atoms with van der Waals surface area (Å²) in [6.07, 6.45) is 4.08. The Bertz CT molecular complexity index is 721. The Morgan fingerprint density at radius 1 is 1.35 bits per heavy atom. The van der Waals surface area contributed by atoms with E-state index in [0.717, 1.165) is 11.8 Å². The lowest BCUT2D eigenvalue weighted by atomic mass is 10.2. The van der Waals surface area contributed by atoms with Crippen LogP contribution in [0.5, 0.6) is 0 Å². The van der Waals surface area contributed by atoms with Crippen molar-refractivity contribution in [2.24, 2.45) is 0 Å². The Labute approximate surface area is 116 Å². The van der Waals surface area contributed by atoms with Crippen LogP contribution in [0.15, 0.2) is 46.1 Å². The average molecular weight is 294 g/mol. The fourth-order valence-corrected chi connectivity index (χ4v) is 2.34. The van der Waals surface area contributed by atoms with Crippen LogP contribution in [0.25, 0.3) is 0 Å². The normalized spacial score (nSPS) is 11.2. The predicted molar refractivity (Wildman–Crippen MR) is 73.8 cm³/mol. The molecule has 0 atom stereocenters. The number of nitrogen functional groups attached to an aromatic ring is 1. The molecule has 0 spiro atoms. The lowest BCUT2D eigenvalue weighted by molar-refractivity contribution is 0.0950. The van der Waals surface area contributed by atoms with Gasteiger partial charge in [0, 0.05) is 29.6 Å². The topological polar surface area (TPSA) is 102 Å². The van der Waals surface area contributed by atoms with Crippen molar-refractivity contribution in [3.8, 4) is 0 Å². The zero-order valence-electron chi connectivity index (χ0n) is 10.8. The molecule has 1 heterocycles. The highest BCUT2D eigenvalue weighted by molar-refractivity contribution is 7.90. The van der Waals surface area contributed by atoms with Gasteiger partial charge in [-0.3, -0.25) is 4.79 Å². The highest BCUT2D eigenvalue weighted by Gasteiger charge is 2.13. The third kappa shape index (κ3) is 3.39. The molecule has 2 rings (SSSR count). The first-order chi connectivity index (χ1) is 9.36. The van der Waals surface area contributed by atoms with Crippen molar-refractivity contribution in [3.63, 3.8) is 0 Å². The van der Waals surface area contributed by atoms with E-state index in [2.05, 4.69) is 5.32 Å². The van der Waals surface area contributed by atoms with Crippen molar-refractivity contribution in [2.75, 3.05) is 12.0 Å². The number of furan rings is 1. The third-order valence-corrected chi connectivity index (χ3v) is 3.74. The summed E-state index contributed by atoms with van der Waals surface area (Å²) in [5.74, 6) is -0.400. The van der Waals surface area contributed by atoms with E-state index in [0.29, 0.717) is 6.54 Å². The lowest BCUT2D eigenvalue weighted by Crippen LogP contribution is -2.23. The van der Waals surface area contributed by atoms with Crippen molar-refractivity contribution < 1.29 is 17.6 Å². The van der Waals surface area contributed by atoms with E-state index >= 15 is 0 Å². The minimum Gasteiger partial charge on any atom is -0.472 e. The number of carbonyl (C=O) groups excluding carboxylic acids is 1. The summed E-state index contributed by atoms with van der Waals surface area (Å²) in [5.41, 5.74) is 6.86. The number of anilines is 1. The summed E-state index contributed by atoms with van der Waals surface area (Å²) in [4.78, 5) is 12.0. The van der Waals surface area contributed by atoms with Gasteiger partial charge in [0.15, 0.2) is 9.84 Å². The number of amides is 1. The summed E-state index contributed by atoms with van der Waals surface area (Å²) >= 11 is 0. The molecule has 6 nitrogen and oxygen atoms in total. The predicted octanol–water partition coefficient (Wildman–Crippen LogP) is 1.20. The summed E-state index contributed by atoms with van der Waals surface area (Å²) in [5, 5.41) is 2.66. The van der Waals surface area contributed by atoms with Crippen LogP contribution in [0.1, 0.15) is 15.9 Å². The molecular weight excluding hydrogens is 280 g/mol. The molecule has 0 aliphatic heterocycles. The molecule has 7 heteroatoms. The number of sulfone groups is 1. The fraction of sp³-hybridized carbons (Fsp3) is 0.154.